The van der Waals surface area contributed by atoms with Crippen LogP contribution in [0.3, 0.4) is 0 Å². The van der Waals surface area contributed by atoms with E-state index in [-0.39, 0.29) is 29.8 Å². The van der Waals surface area contributed by atoms with E-state index in [0.717, 1.165) is 25.1 Å². The zero-order valence-electron chi connectivity index (χ0n) is 13.1. The summed E-state index contributed by atoms with van der Waals surface area (Å²) in [5.41, 5.74) is 0.393. The Morgan fingerprint density at radius 1 is 1.41 bits per heavy atom. The zero-order chi connectivity index (χ0) is 15.2. The van der Waals surface area contributed by atoms with E-state index >= 15 is 0 Å². The summed E-state index contributed by atoms with van der Waals surface area (Å²) in [4.78, 5) is 6.51. The summed E-state index contributed by atoms with van der Waals surface area (Å²) >= 11 is 0. The lowest BCUT2D eigenvalue weighted by molar-refractivity contribution is 0.266. The Bertz CT molecular complexity index is 508. The minimum Gasteiger partial charge on any atom is -0.356 e. The Morgan fingerprint density at radius 3 is 2.86 bits per heavy atom. The van der Waals surface area contributed by atoms with Crippen molar-refractivity contribution in [2.24, 2.45) is 10.9 Å². The molecule has 0 aliphatic carbocycles. The van der Waals surface area contributed by atoms with Crippen LogP contribution in [0, 0.1) is 17.6 Å². The van der Waals surface area contributed by atoms with Gasteiger partial charge in [0, 0.05) is 26.7 Å². The molecule has 0 saturated carbocycles. The summed E-state index contributed by atoms with van der Waals surface area (Å²) in [5, 5.41) is 3.24. The highest BCUT2D eigenvalue weighted by molar-refractivity contribution is 14.0. The van der Waals surface area contributed by atoms with E-state index in [2.05, 4.69) is 22.1 Å². The molecule has 1 heterocycles. The van der Waals surface area contributed by atoms with E-state index < -0.39 is 5.82 Å². The first kappa shape index (κ1) is 19.1. The van der Waals surface area contributed by atoms with Crippen LogP contribution >= 0.6 is 24.0 Å². The number of hydrogen-bond acceptors (Lipinski definition) is 1. The molecule has 0 radical (unpaired) electrons. The van der Waals surface area contributed by atoms with Crippen molar-refractivity contribution in [3.63, 3.8) is 0 Å². The SMILES string of the molecule is CN=C(NCCc1cc(F)ccc1F)N1CCCC(C)C1.I. The Kier molecular flexibility index (Phi) is 8.06. The molecular weight excluding hydrogens is 399 g/mol. The fraction of sp³-hybridized carbons (Fsp3) is 0.562. The second kappa shape index (κ2) is 9.27. The molecule has 0 bridgehead atoms. The fourth-order valence-corrected chi connectivity index (χ4v) is 2.76. The molecule has 1 unspecified atom stereocenters. The van der Waals surface area contributed by atoms with E-state index in [0.29, 0.717) is 24.4 Å². The molecule has 1 aromatic carbocycles. The Labute approximate surface area is 148 Å². The van der Waals surface area contributed by atoms with Crippen molar-refractivity contribution in [1.82, 2.24) is 10.2 Å². The van der Waals surface area contributed by atoms with Crippen LogP contribution in [0.1, 0.15) is 25.3 Å². The molecule has 1 aliphatic heterocycles. The predicted molar refractivity (Wildman–Crippen MR) is 96.8 cm³/mol. The molecule has 1 fully saturated rings. The van der Waals surface area contributed by atoms with Gasteiger partial charge in [0.15, 0.2) is 5.96 Å². The third-order valence-electron chi connectivity index (χ3n) is 3.85. The summed E-state index contributed by atoms with van der Waals surface area (Å²) in [7, 11) is 1.75. The molecule has 1 aromatic rings. The van der Waals surface area contributed by atoms with Crippen LogP contribution in [-0.2, 0) is 6.42 Å². The van der Waals surface area contributed by atoms with Crippen LogP contribution in [0.5, 0.6) is 0 Å². The minimum absolute atomic E-state index is 0. The molecule has 1 aliphatic rings. The van der Waals surface area contributed by atoms with Crippen molar-refractivity contribution in [3.05, 3.63) is 35.4 Å². The largest absolute Gasteiger partial charge is 0.356 e. The van der Waals surface area contributed by atoms with E-state index in [9.17, 15) is 8.78 Å². The summed E-state index contributed by atoms with van der Waals surface area (Å²) < 4.78 is 26.7. The summed E-state index contributed by atoms with van der Waals surface area (Å²) in [6.07, 6.45) is 2.86. The van der Waals surface area contributed by atoms with Crippen LogP contribution in [0.15, 0.2) is 23.2 Å². The third-order valence-corrected chi connectivity index (χ3v) is 3.85. The monoisotopic (exact) mass is 423 g/mol. The van der Waals surface area contributed by atoms with Gasteiger partial charge in [-0.1, -0.05) is 6.92 Å². The van der Waals surface area contributed by atoms with Gasteiger partial charge in [-0.05, 0) is 48.9 Å². The van der Waals surface area contributed by atoms with Gasteiger partial charge >= 0.3 is 0 Å². The number of nitrogens with one attached hydrogen (secondary N) is 1. The first-order valence-corrected chi connectivity index (χ1v) is 7.49. The van der Waals surface area contributed by atoms with Crippen molar-refractivity contribution in [1.29, 1.82) is 0 Å². The second-order valence-corrected chi connectivity index (χ2v) is 5.65. The molecule has 1 N–H and O–H groups in total. The van der Waals surface area contributed by atoms with E-state index in [1.807, 2.05) is 0 Å². The molecule has 6 heteroatoms. The average Bonchev–Trinajstić information content (AvgIpc) is 2.47. The number of hydrogen-bond donors (Lipinski definition) is 1. The number of rotatable bonds is 3. The van der Waals surface area contributed by atoms with Gasteiger partial charge in [0.25, 0.3) is 0 Å². The smallest absolute Gasteiger partial charge is 0.193 e. The van der Waals surface area contributed by atoms with Crippen molar-refractivity contribution in [2.75, 3.05) is 26.7 Å². The number of nitrogens with zero attached hydrogens (tertiary/aromatic N) is 2. The highest BCUT2D eigenvalue weighted by atomic mass is 127. The van der Waals surface area contributed by atoms with E-state index in [1.165, 1.54) is 25.0 Å². The number of guanidine groups is 1. The van der Waals surface area contributed by atoms with E-state index in [1.54, 1.807) is 7.05 Å². The van der Waals surface area contributed by atoms with Gasteiger partial charge in [-0.15, -0.1) is 24.0 Å². The van der Waals surface area contributed by atoms with Crippen molar-refractivity contribution in [3.8, 4) is 0 Å². The van der Waals surface area contributed by atoms with Crippen LogP contribution in [-0.4, -0.2) is 37.5 Å². The highest BCUT2D eigenvalue weighted by Gasteiger charge is 2.18. The Hall–Kier alpha value is -0.920. The van der Waals surface area contributed by atoms with Gasteiger partial charge < -0.3 is 10.2 Å². The van der Waals surface area contributed by atoms with Gasteiger partial charge in [-0.3, -0.25) is 4.99 Å². The number of benzene rings is 1. The summed E-state index contributed by atoms with van der Waals surface area (Å²) in [6, 6.07) is 3.56. The maximum Gasteiger partial charge on any atom is 0.193 e. The first-order chi connectivity index (χ1) is 10.1. The zero-order valence-corrected chi connectivity index (χ0v) is 15.4. The van der Waals surface area contributed by atoms with E-state index in [4.69, 9.17) is 0 Å². The number of aliphatic imine (C=N–C) groups is 1. The van der Waals surface area contributed by atoms with Crippen molar-refractivity contribution < 1.29 is 8.78 Å². The normalized spacial score (nSPS) is 18.8. The standard InChI is InChI=1S/C16H23F2N3.HI/c1-12-4-3-9-21(11-12)16(19-2)20-8-7-13-10-14(17)5-6-15(13)18;/h5-6,10,12H,3-4,7-9,11H2,1-2H3,(H,19,20);1H. The Balaban J connectivity index is 0.00000242. The number of halogens is 3. The maximum atomic E-state index is 13.5. The van der Waals surface area contributed by atoms with Crippen LogP contribution in [0.4, 0.5) is 8.78 Å². The molecule has 0 aromatic heterocycles. The van der Waals surface area contributed by atoms with Gasteiger partial charge in [-0.25, -0.2) is 8.78 Å². The molecule has 124 valence electrons. The first-order valence-electron chi connectivity index (χ1n) is 7.49. The molecule has 2 rings (SSSR count). The van der Waals surface area contributed by atoms with Crippen LogP contribution < -0.4 is 5.32 Å². The molecule has 1 atom stereocenters. The average molecular weight is 423 g/mol. The minimum atomic E-state index is -0.402. The number of likely N-dealkylation sites (tertiary alicyclic amines) is 1. The van der Waals surface area contributed by atoms with Crippen LogP contribution in [0.25, 0.3) is 0 Å². The Morgan fingerprint density at radius 2 is 2.18 bits per heavy atom. The van der Waals surface area contributed by atoms with Crippen molar-refractivity contribution in [2.45, 2.75) is 26.2 Å². The van der Waals surface area contributed by atoms with Gasteiger partial charge in [0.1, 0.15) is 11.6 Å². The molecule has 0 spiro atoms. The second-order valence-electron chi connectivity index (χ2n) is 5.65. The topological polar surface area (TPSA) is 27.6 Å². The molecule has 0 amide bonds. The fourth-order valence-electron chi connectivity index (χ4n) is 2.76. The summed E-state index contributed by atoms with van der Waals surface area (Å²) in [6.45, 7) is 4.77. The highest BCUT2D eigenvalue weighted by Crippen LogP contribution is 2.15. The molecule has 22 heavy (non-hydrogen) atoms. The van der Waals surface area contributed by atoms with Gasteiger partial charge in [0.2, 0.25) is 0 Å². The lowest BCUT2D eigenvalue weighted by Crippen LogP contribution is -2.46. The third kappa shape index (κ3) is 5.37. The lowest BCUT2D eigenvalue weighted by atomic mass is 10.0. The van der Waals surface area contributed by atoms with Crippen molar-refractivity contribution >= 4 is 29.9 Å². The van der Waals surface area contributed by atoms with Gasteiger partial charge in [-0.2, -0.15) is 0 Å². The quantitative estimate of drug-likeness (QED) is 0.459. The molecule has 3 nitrogen and oxygen atoms in total. The lowest BCUT2D eigenvalue weighted by Gasteiger charge is -2.33. The van der Waals surface area contributed by atoms with Crippen LogP contribution in [0.2, 0.25) is 0 Å². The number of piperidine rings is 1. The maximum absolute atomic E-state index is 13.5. The molecule has 1 saturated heterocycles. The molecular formula is C16H24F2IN3. The van der Waals surface area contributed by atoms with Gasteiger partial charge in [0.05, 0.1) is 0 Å². The summed E-state index contributed by atoms with van der Waals surface area (Å²) in [5.74, 6) is 0.747. The predicted octanol–water partition coefficient (Wildman–Crippen LogP) is 3.43.